The number of rotatable bonds is 5. The van der Waals surface area contributed by atoms with Gasteiger partial charge < -0.3 is 15.4 Å². The Kier molecular flexibility index (Phi) is 5.80. The van der Waals surface area contributed by atoms with Crippen LogP contribution in [0.25, 0.3) is 0 Å². The Morgan fingerprint density at radius 2 is 1.67 bits per heavy atom. The van der Waals surface area contributed by atoms with Crippen LogP contribution < -0.4 is 10.6 Å². The second-order valence-electron chi connectivity index (χ2n) is 6.02. The molecule has 0 saturated heterocycles. The van der Waals surface area contributed by atoms with Gasteiger partial charge in [0.25, 0.3) is 0 Å². The van der Waals surface area contributed by atoms with E-state index in [2.05, 4.69) is 10.6 Å². The first-order valence-corrected chi connectivity index (χ1v) is 6.16. The minimum absolute atomic E-state index is 0.0328. The van der Waals surface area contributed by atoms with Crippen molar-refractivity contribution in [1.29, 1.82) is 0 Å². The lowest BCUT2D eigenvalue weighted by Crippen LogP contribution is -2.51. The monoisotopic (exact) mass is 258 g/mol. The maximum atomic E-state index is 11.6. The summed E-state index contributed by atoms with van der Waals surface area (Å²) in [4.78, 5) is 23.2. The molecule has 0 aromatic carbocycles. The third-order valence-corrected chi connectivity index (χ3v) is 2.86. The molecule has 0 heterocycles. The number of nitrogens with one attached hydrogen (secondary N) is 2. The Bertz CT molecular complexity index is 306. The number of hydrogen-bond donors (Lipinski definition) is 2. The third kappa shape index (κ3) is 6.00. The summed E-state index contributed by atoms with van der Waals surface area (Å²) in [5.41, 5.74) is -0.908. The molecule has 0 saturated carbocycles. The van der Waals surface area contributed by atoms with Gasteiger partial charge in [-0.1, -0.05) is 0 Å². The average Bonchev–Trinajstić information content (AvgIpc) is 2.14. The molecule has 1 unspecified atom stereocenters. The number of Topliss-reactive ketones (excluding diaryl/α,β-unsaturated/α-hetero) is 1. The zero-order chi connectivity index (χ0) is 14.6. The summed E-state index contributed by atoms with van der Waals surface area (Å²) in [5, 5.41) is 5.72. The SMILES string of the molecule is CNC(C)(C)C(CNC(=O)OC(C)(C)C)C(C)=O. The second kappa shape index (κ2) is 6.18. The van der Waals surface area contributed by atoms with E-state index in [1.165, 1.54) is 6.92 Å². The Hall–Kier alpha value is -1.10. The fourth-order valence-corrected chi connectivity index (χ4v) is 1.58. The number of carbonyl (C=O) groups is 2. The van der Waals surface area contributed by atoms with E-state index >= 15 is 0 Å². The van der Waals surface area contributed by atoms with Gasteiger partial charge in [0.1, 0.15) is 11.4 Å². The minimum Gasteiger partial charge on any atom is -0.444 e. The van der Waals surface area contributed by atoms with Crippen LogP contribution in [0, 0.1) is 5.92 Å². The van der Waals surface area contributed by atoms with Crippen molar-refractivity contribution in [3.05, 3.63) is 0 Å². The number of amides is 1. The molecule has 5 nitrogen and oxygen atoms in total. The van der Waals surface area contributed by atoms with E-state index in [1.54, 1.807) is 27.8 Å². The van der Waals surface area contributed by atoms with Crippen molar-refractivity contribution >= 4 is 11.9 Å². The lowest BCUT2D eigenvalue weighted by atomic mass is 9.84. The van der Waals surface area contributed by atoms with E-state index < -0.39 is 11.7 Å². The average molecular weight is 258 g/mol. The minimum atomic E-state index is -0.533. The first kappa shape index (κ1) is 16.9. The summed E-state index contributed by atoms with van der Waals surface area (Å²) in [5.74, 6) is -0.263. The van der Waals surface area contributed by atoms with Gasteiger partial charge in [0.2, 0.25) is 0 Å². The van der Waals surface area contributed by atoms with Gasteiger partial charge in [0.05, 0.1) is 5.92 Å². The number of hydrogen-bond acceptors (Lipinski definition) is 4. The van der Waals surface area contributed by atoms with Crippen LogP contribution in [-0.4, -0.2) is 36.6 Å². The molecule has 0 aromatic heterocycles. The molecule has 0 fully saturated rings. The summed E-state index contributed by atoms with van der Waals surface area (Å²) in [6.45, 7) is 11.0. The molecule has 0 aliphatic heterocycles. The summed E-state index contributed by atoms with van der Waals surface area (Å²) in [7, 11) is 1.80. The van der Waals surface area contributed by atoms with Gasteiger partial charge in [-0.05, 0) is 48.6 Å². The van der Waals surface area contributed by atoms with Crippen molar-refractivity contribution in [2.75, 3.05) is 13.6 Å². The summed E-state index contributed by atoms with van der Waals surface area (Å²) in [6, 6.07) is 0. The number of alkyl carbamates (subject to hydrolysis) is 1. The fraction of sp³-hybridized carbons (Fsp3) is 0.846. The molecule has 0 rings (SSSR count). The zero-order valence-electron chi connectivity index (χ0n) is 12.5. The van der Waals surface area contributed by atoms with Crippen LogP contribution in [0.5, 0.6) is 0 Å². The Morgan fingerprint density at radius 3 is 2.00 bits per heavy atom. The molecule has 0 radical (unpaired) electrons. The van der Waals surface area contributed by atoms with Crippen molar-refractivity contribution in [2.24, 2.45) is 5.92 Å². The van der Waals surface area contributed by atoms with E-state index in [4.69, 9.17) is 4.74 Å². The van der Waals surface area contributed by atoms with Gasteiger partial charge in [-0.15, -0.1) is 0 Å². The van der Waals surface area contributed by atoms with Crippen LogP contribution in [0.3, 0.4) is 0 Å². The zero-order valence-corrected chi connectivity index (χ0v) is 12.5. The number of carbonyl (C=O) groups excluding carboxylic acids is 2. The molecule has 5 heteroatoms. The second-order valence-corrected chi connectivity index (χ2v) is 6.02. The molecular weight excluding hydrogens is 232 g/mol. The molecule has 0 aliphatic carbocycles. The molecule has 106 valence electrons. The number of ether oxygens (including phenoxy) is 1. The largest absolute Gasteiger partial charge is 0.444 e. The van der Waals surface area contributed by atoms with Gasteiger partial charge in [0, 0.05) is 12.1 Å². The van der Waals surface area contributed by atoms with Crippen molar-refractivity contribution in [3.63, 3.8) is 0 Å². The van der Waals surface area contributed by atoms with E-state index in [-0.39, 0.29) is 23.8 Å². The van der Waals surface area contributed by atoms with E-state index in [9.17, 15) is 9.59 Å². The molecular formula is C13H26N2O3. The topological polar surface area (TPSA) is 67.4 Å². The standard InChI is InChI=1S/C13H26N2O3/c1-9(16)10(13(5,6)14-7)8-15-11(17)18-12(2,3)4/h10,14H,8H2,1-7H3,(H,15,17). The van der Waals surface area contributed by atoms with Gasteiger partial charge in [-0.25, -0.2) is 4.79 Å². The molecule has 0 aliphatic rings. The van der Waals surface area contributed by atoms with Gasteiger partial charge >= 0.3 is 6.09 Å². The van der Waals surface area contributed by atoms with E-state index in [0.717, 1.165) is 0 Å². The summed E-state index contributed by atoms with van der Waals surface area (Å²) in [6.07, 6.45) is -0.499. The van der Waals surface area contributed by atoms with Crippen LogP contribution in [0.4, 0.5) is 4.79 Å². The highest BCUT2D eigenvalue weighted by molar-refractivity contribution is 5.80. The van der Waals surface area contributed by atoms with Gasteiger partial charge in [-0.3, -0.25) is 4.79 Å². The molecule has 0 spiro atoms. The van der Waals surface area contributed by atoms with Crippen molar-refractivity contribution < 1.29 is 14.3 Å². The molecule has 18 heavy (non-hydrogen) atoms. The number of ketones is 1. The highest BCUT2D eigenvalue weighted by Gasteiger charge is 2.32. The molecule has 0 aromatic rings. The third-order valence-electron chi connectivity index (χ3n) is 2.86. The molecule has 2 N–H and O–H groups in total. The fourth-order valence-electron chi connectivity index (χ4n) is 1.58. The maximum absolute atomic E-state index is 11.6. The smallest absolute Gasteiger partial charge is 0.407 e. The van der Waals surface area contributed by atoms with E-state index in [0.29, 0.717) is 0 Å². The summed E-state index contributed by atoms with van der Waals surface area (Å²) >= 11 is 0. The normalized spacial score (nSPS) is 13.9. The Balaban J connectivity index is 4.48. The first-order valence-electron chi connectivity index (χ1n) is 6.16. The van der Waals surface area contributed by atoms with Crippen LogP contribution in [0.2, 0.25) is 0 Å². The lowest BCUT2D eigenvalue weighted by molar-refractivity contribution is -0.122. The van der Waals surface area contributed by atoms with Crippen LogP contribution >= 0.6 is 0 Å². The Labute approximate surface area is 110 Å². The molecule has 1 atom stereocenters. The summed E-state index contributed by atoms with van der Waals surface area (Å²) < 4.78 is 5.13. The van der Waals surface area contributed by atoms with Crippen LogP contribution in [0.15, 0.2) is 0 Å². The lowest BCUT2D eigenvalue weighted by Gasteiger charge is -2.32. The first-order chi connectivity index (χ1) is 7.99. The highest BCUT2D eigenvalue weighted by atomic mass is 16.6. The van der Waals surface area contributed by atoms with Crippen LogP contribution in [0.1, 0.15) is 41.5 Å². The van der Waals surface area contributed by atoms with Crippen molar-refractivity contribution in [3.8, 4) is 0 Å². The van der Waals surface area contributed by atoms with Gasteiger partial charge in [0.15, 0.2) is 0 Å². The van der Waals surface area contributed by atoms with Crippen molar-refractivity contribution in [1.82, 2.24) is 10.6 Å². The maximum Gasteiger partial charge on any atom is 0.407 e. The van der Waals surface area contributed by atoms with Gasteiger partial charge in [-0.2, -0.15) is 0 Å². The molecule has 0 bridgehead atoms. The Morgan fingerprint density at radius 1 is 1.17 bits per heavy atom. The molecule has 1 amide bonds. The van der Waals surface area contributed by atoms with Crippen molar-refractivity contribution in [2.45, 2.75) is 52.7 Å². The highest BCUT2D eigenvalue weighted by Crippen LogP contribution is 2.17. The van der Waals surface area contributed by atoms with Crippen LogP contribution in [-0.2, 0) is 9.53 Å². The van der Waals surface area contributed by atoms with E-state index in [1.807, 2.05) is 13.8 Å². The predicted molar refractivity (Wildman–Crippen MR) is 71.5 cm³/mol. The predicted octanol–water partition coefficient (Wildman–Crippen LogP) is 1.71. The quantitative estimate of drug-likeness (QED) is 0.788.